The fourth-order valence-corrected chi connectivity index (χ4v) is 4.36. The highest BCUT2D eigenvalue weighted by Gasteiger charge is 2.35. The van der Waals surface area contributed by atoms with Gasteiger partial charge >= 0.3 is 0 Å². The lowest BCUT2D eigenvalue weighted by atomic mass is 10.2. The summed E-state index contributed by atoms with van der Waals surface area (Å²) in [6.07, 6.45) is 3.19. The van der Waals surface area contributed by atoms with Gasteiger partial charge in [0.05, 0.1) is 5.25 Å². The number of carbonyl (C=O) groups excluding carboxylic acids is 1. The van der Waals surface area contributed by atoms with Crippen molar-refractivity contribution in [3.05, 3.63) is 71.4 Å². The summed E-state index contributed by atoms with van der Waals surface area (Å²) < 4.78 is 26.6. The van der Waals surface area contributed by atoms with Crippen LogP contribution in [0.15, 0.2) is 54.7 Å². The Labute approximate surface area is 186 Å². The minimum absolute atomic E-state index is 0.229. The number of nitrogens with two attached hydrogens (primary N) is 1. The highest BCUT2D eigenvalue weighted by atomic mass is 32.2. The van der Waals surface area contributed by atoms with Gasteiger partial charge in [0.2, 0.25) is 21.9 Å². The zero-order valence-electron chi connectivity index (χ0n) is 17.5. The van der Waals surface area contributed by atoms with Gasteiger partial charge in [-0.1, -0.05) is 12.1 Å². The van der Waals surface area contributed by atoms with Gasteiger partial charge in [-0.05, 0) is 61.7 Å². The number of amides is 1. The zero-order valence-corrected chi connectivity index (χ0v) is 18.3. The number of aromatic nitrogens is 2. The number of anilines is 4. The van der Waals surface area contributed by atoms with E-state index in [9.17, 15) is 13.2 Å². The van der Waals surface area contributed by atoms with Gasteiger partial charge in [0.15, 0.2) is 0 Å². The SMILES string of the molecule is Cc1cnc(Nc2ccc(C(N)=O)cc2)nc1Nc1ccc(CNS(=O)(=O)C2CC2)cc1. The largest absolute Gasteiger partial charge is 0.366 e. The van der Waals surface area contributed by atoms with E-state index in [1.807, 2.05) is 31.2 Å². The van der Waals surface area contributed by atoms with E-state index >= 15 is 0 Å². The molecular formula is C22H24N6O3S. The number of primary amides is 1. The molecule has 166 valence electrons. The Morgan fingerprint density at radius 1 is 1.03 bits per heavy atom. The van der Waals surface area contributed by atoms with Crippen LogP contribution < -0.4 is 21.1 Å². The first-order valence-electron chi connectivity index (χ1n) is 10.1. The molecule has 1 saturated carbocycles. The molecule has 10 heteroatoms. The summed E-state index contributed by atoms with van der Waals surface area (Å²) in [5, 5.41) is 6.13. The first kappa shape index (κ1) is 21.7. The summed E-state index contributed by atoms with van der Waals surface area (Å²) in [5.41, 5.74) is 8.97. The molecule has 0 spiro atoms. The lowest BCUT2D eigenvalue weighted by Crippen LogP contribution is -2.26. The Kier molecular flexibility index (Phi) is 6.06. The first-order valence-corrected chi connectivity index (χ1v) is 11.7. The number of benzene rings is 2. The van der Waals surface area contributed by atoms with Crippen LogP contribution in [0, 0.1) is 6.92 Å². The van der Waals surface area contributed by atoms with E-state index < -0.39 is 15.9 Å². The van der Waals surface area contributed by atoms with Crippen LogP contribution in [0.1, 0.15) is 34.3 Å². The van der Waals surface area contributed by atoms with Crippen LogP contribution in [0.3, 0.4) is 0 Å². The van der Waals surface area contributed by atoms with Crippen molar-refractivity contribution in [3.8, 4) is 0 Å². The topological polar surface area (TPSA) is 139 Å². The van der Waals surface area contributed by atoms with Crippen LogP contribution in [-0.4, -0.2) is 29.5 Å². The van der Waals surface area contributed by atoms with Gasteiger partial charge in [-0.25, -0.2) is 18.1 Å². The van der Waals surface area contributed by atoms with Crippen LogP contribution in [-0.2, 0) is 16.6 Å². The van der Waals surface area contributed by atoms with Gasteiger partial charge in [-0.3, -0.25) is 4.79 Å². The number of carbonyl (C=O) groups is 1. The first-order chi connectivity index (χ1) is 15.3. The average Bonchev–Trinajstić information content (AvgIpc) is 3.62. The van der Waals surface area contributed by atoms with Crippen LogP contribution in [0.4, 0.5) is 23.1 Å². The molecule has 3 aromatic rings. The number of aryl methyl sites for hydroxylation is 1. The van der Waals surface area contributed by atoms with Crippen molar-refractivity contribution < 1.29 is 13.2 Å². The Hall–Kier alpha value is -3.50. The van der Waals surface area contributed by atoms with E-state index in [1.54, 1.807) is 30.5 Å². The standard InChI is InChI=1S/C22H24N6O3S/c1-14-12-24-22(27-18-8-4-16(5-9-18)20(23)29)28-21(14)26-17-6-2-15(3-7-17)13-25-32(30,31)19-10-11-19/h2-9,12,19,25H,10-11,13H2,1H3,(H2,23,29)(H2,24,26,27,28). The summed E-state index contributed by atoms with van der Waals surface area (Å²) in [7, 11) is -3.20. The Morgan fingerprint density at radius 3 is 2.28 bits per heavy atom. The molecule has 1 aliphatic rings. The normalized spacial score (nSPS) is 13.5. The van der Waals surface area contributed by atoms with Crippen molar-refractivity contribution in [1.82, 2.24) is 14.7 Å². The maximum Gasteiger partial charge on any atom is 0.248 e. The summed E-state index contributed by atoms with van der Waals surface area (Å²) >= 11 is 0. The predicted octanol–water partition coefficient (Wildman–Crippen LogP) is 2.95. The van der Waals surface area contributed by atoms with E-state index in [-0.39, 0.29) is 11.8 Å². The third-order valence-electron chi connectivity index (χ3n) is 5.05. The van der Waals surface area contributed by atoms with E-state index in [0.717, 1.165) is 35.3 Å². The van der Waals surface area contributed by atoms with Gasteiger partial charge in [0.1, 0.15) is 5.82 Å². The van der Waals surface area contributed by atoms with Crippen molar-refractivity contribution in [2.24, 2.45) is 5.73 Å². The molecule has 0 unspecified atom stereocenters. The van der Waals surface area contributed by atoms with Gasteiger partial charge in [-0.15, -0.1) is 0 Å². The lowest BCUT2D eigenvalue weighted by Gasteiger charge is -2.12. The second-order valence-corrected chi connectivity index (χ2v) is 9.72. The molecule has 0 atom stereocenters. The van der Waals surface area contributed by atoms with Crippen molar-refractivity contribution in [2.75, 3.05) is 10.6 Å². The van der Waals surface area contributed by atoms with Crippen molar-refractivity contribution in [1.29, 1.82) is 0 Å². The van der Waals surface area contributed by atoms with Crippen LogP contribution in [0.5, 0.6) is 0 Å². The summed E-state index contributed by atoms with van der Waals surface area (Å²) in [4.78, 5) is 20.0. The molecule has 32 heavy (non-hydrogen) atoms. The predicted molar refractivity (Wildman–Crippen MR) is 124 cm³/mol. The average molecular weight is 453 g/mol. The molecule has 9 nitrogen and oxygen atoms in total. The number of hydrogen-bond donors (Lipinski definition) is 4. The fourth-order valence-electron chi connectivity index (χ4n) is 3.00. The number of nitrogens with one attached hydrogen (secondary N) is 3. The lowest BCUT2D eigenvalue weighted by molar-refractivity contribution is 0.100. The summed E-state index contributed by atoms with van der Waals surface area (Å²) in [6.45, 7) is 2.17. The molecule has 1 aromatic heterocycles. The van der Waals surface area contributed by atoms with Gasteiger partial charge in [0.25, 0.3) is 0 Å². The highest BCUT2D eigenvalue weighted by Crippen LogP contribution is 2.27. The van der Waals surface area contributed by atoms with E-state index in [1.165, 1.54) is 0 Å². The molecule has 0 bridgehead atoms. The molecule has 1 fully saturated rings. The van der Waals surface area contributed by atoms with E-state index in [4.69, 9.17) is 5.73 Å². The molecule has 1 amide bonds. The van der Waals surface area contributed by atoms with Crippen molar-refractivity contribution in [3.63, 3.8) is 0 Å². The monoisotopic (exact) mass is 452 g/mol. The molecular weight excluding hydrogens is 428 g/mol. The molecule has 0 radical (unpaired) electrons. The maximum atomic E-state index is 12.0. The van der Waals surface area contributed by atoms with Crippen LogP contribution in [0.25, 0.3) is 0 Å². The Bertz CT molecular complexity index is 1220. The van der Waals surface area contributed by atoms with E-state index in [0.29, 0.717) is 17.3 Å². The molecule has 1 aliphatic carbocycles. The third-order valence-corrected chi connectivity index (χ3v) is 6.95. The quantitative estimate of drug-likeness (QED) is 0.391. The van der Waals surface area contributed by atoms with Crippen LogP contribution in [0.2, 0.25) is 0 Å². The maximum absolute atomic E-state index is 12.0. The second-order valence-electron chi connectivity index (χ2n) is 7.68. The van der Waals surface area contributed by atoms with Crippen LogP contribution >= 0.6 is 0 Å². The minimum Gasteiger partial charge on any atom is -0.366 e. The number of sulfonamides is 1. The molecule has 0 aliphatic heterocycles. The zero-order chi connectivity index (χ0) is 22.7. The van der Waals surface area contributed by atoms with Gasteiger partial charge in [0, 0.05) is 35.2 Å². The van der Waals surface area contributed by atoms with E-state index in [2.05, 4.69) is 25.3 Å². The molecule has 5 N–H and O–H groups in total. The smallest absolute Gasteiger partial charge is 0.248 e. The molecule has 0 saturated heterocycles. The molecule has 1 heterocycles. The molecule has 2 aromatic carbocycles. The summed E-state index contributed by atoms with van der Waals surface area (Å²) in [6, 6.07) is 14.2. The second kappa shape index (κ2) is 8.93. The number of rotatable bonds is 9. The third kappa shape index (κ3) is 5.40. The van der Waals surface area contributed by atoms with Gasteiger partial charge in [-0.2, -0.15) is 4.98 Å². The highest BCUT2D eigenvalue weighted by molar-refractivity contribution is 7.90. The summed E-state index contributed by atoms with van der Waals surface area (Å²) in [5.74, 6) is 0.551. The Morgan fingerprint density at radius 2 is 1.66 bits per heavy atom. The molecule has 4 rings (SSSR count). The fraction of sp³-hybridized carbons (Fsp3) is 0.227. The Balaban J connectivity index is 1.40. The van der Waals surface area contributed by atoms with Gasteiger partial charge < -0.3 is 16.4 Å². The van der Waals surface area contributed by atoms with Crippen molar-refractivity contribution >= 4 is 39.1 Å². The minimum atomic E-state index is -3.20. The number of nitrogens with zero attached hydrogens (tertiary/aromatic N) is 2. The van der Waals surface area contributed by atoms with Crippen molar-refractivity contribution in [2.45, 2.75) is 31.6 Å². The number of hydrogen-bond acceptors (Lipinski definition) is 7.